The molecule has 0 heterocycles. The first-order valence-electron chi connectivity index (χ1n) is 5.58. The Morgan fingerprint density at radius 3 is 2.67 bits per heavy atom. The van der Waals surface area contributed by atoms with Crippen LogP contribution in [0, 0.1) is 6.07 Å². The van der Waals surface area contributed by atoms with Crippen molar-refractivity contribution in [1.29, 1.82) is 0 Å². The Morgan fingerprint density at radius 1 is 1.13 bits per heavy atom. The fourth-order valence-corrected chi connectivity index (χ4v) is 1.57. The van der Waals surface area contributed by atoms with Gasteiger partial charge in [0.2, 0.25) is 0 Å². The van der Waals surface area contributed by atoms with Gasteiger partial charge in [0.05, 0.1) is 6.61 Å². The summed E-state index contributed by atoms with van der Waals surface area (Å²) < 4.78 is 5.56. The summed E-state index contributed by atoms with van der Waals surface area (Å²) in [6, 6.07) is 10.6. The number of rotatable bonds is 8. The summed E-state index contributed by atoms with van der Waals surface area (Å²) in [5, 5.41) is 0. The van der Waals surface area contributed by atoms with Crippen molar-refractivity contribution >= 4 is 11.6 Å². The second-order valence-corrected chi connectivity index (χ2v) is 3.92. The molecule has 0 saturated heterocycles. The minimum Gasteiger partial charge on any atom is -0.494 e. The van der Waals surface area contributed by atoms with Gasteiger partial charge in [-0.25, -0.2) is 0 Å². The largest absolute Gasteiger partial charge is 0.494 e. The molecule has 0 amide bonds. The van der Waals surface area contributed by atoms with E-state index in [4.69, 9.17) is 16.3 Å². The van der Waals surface area contributed by atoms with Gasteiger partial charge in [0.1, 0.15) is 5.75 Å². The summed E-state index contributed by atoms with van der Waals surface area (Å²) in [6.07, 6.45) is 5.99. The quantitative estimate of drug-likeness (QED) is 0.479. The van der Waals surface area contributed by atoms with E-state index in [9.17, 15) is 0 Å². The molecule has 0 saturated carbocycles. The molecule has 0 aliphatic carbocycles. The lowest BCUT2D eigenvalue weighted by atomic mass is 10.2. The summed E-state index contributed by atoms with van der Waals surface area (Å²) in [5.74, 6) is 1.70. The highest BCUT2D eigenvalue weighted by molar-refractivity contribution is 6.17. The van der Waals surface area contributed by atoms with Crippen LogP contribution in [0.3, 0.4) is 0 Å². The number of benzene rings is 1. The van der Waals surface area contributed by atoms with E-state index in [1.807, 2.05) is 24.3 Å². The van der Waals surface area contributed by atoms with Crippen LogP contribution in [0.5, 0.6) is 5.75 Å². The zero-order valence-corrected chi connectivity index (χ0v) is 9.80. The highest BCUT2D eigenvalue weighted by Gasteiger charge is 1.92. The van der Waals surface area contributed by atoms with Crippen molar-refractivity contribution in [3.63, 3.8) is 0 Å². The Labute approximate surface area is 97.4 Å². The first-order valence-corrected chi connectivity index (χ1v) is 6.12. The average Bonchev–Trinajstić information content (AvgIpc) is 2.29. The zero-order valence-electron chi connectivity index (χ0n) is 9.05. The molecule has 1 nitrogen and oxygen atoms in total. The SMILES string of the molecule is ClCCCCCCCOc1c[c]ccc1. The molecule has 0 aromatic heterocycles. The van der Waals surface area contributed by atoms with Crippen molar-refractivity contribution in [2.45, 2.75) is 32.1 Å². The van der Waals surface area contributed by atoms with Crippen molar-refractivity contribution in [1.82, 2.24) is 0 Å². The average molecular weight is 226 g/mol. The minimum absolute atomic E-state index is 0.788. The van der Waals surface area contributed by atoms with Crippen LogP contribution >= 0.6 is 11.6 Å². The van der Waals surface area contributed by atoms with Crippen molar-refractivity contribution in [3.05, 3.63) is 30.3 Å². The predicted octanol–water partition coefficient (Wildman–Crippen LogP) is 4.05. The lowest BCUT2D eigenvalue weighted by molar-refractivity contribution is 0.304. The predicted molar refractivity (Wildman–Crippen MR) is 64.6 cm³/mol. The van der Waals surface area contributed by atoms with E-state index in [2.05, 4.69) is 6.07 Å². The summed E-state index contributed by atoms with van der Waals surface area (Å²) in [5.41, 5.74) is 0. The molecule has 1 aromatic carbocycles. The number of alkyl halides is 1. The standard InChI is InChI=1S/C13H18ClO/c14-11-7-2-1-3-8-12-15-13-9-5-4-6-10-13/h4-5,9-10H,1-3,7-8,11-12H2. The Balaban J connectivity index is 1.93. The first-order chi connectivity index (χ1) is 7.43. The van der Waals surface area contributed by atoms with Crippen LogP contribution in [0.1, 0.15) is 32.1 Å². The van der Waals surface area contributed by atoms with Crippen LogP contribution in [0.2, 0.25) is 0 Å². The van der Waals surface area contributed by atoms with Gasteiger partial charge in [-0.2, -0.15) is 0 Å². The third-order valence-electron chi connectivity index (χ3n) is 2.23. The van der Waals surface area contributed by atoms with Crippen molar-refractivity contribution in [2.75, 3.05) is 12.5 Å². The second-order valence-electron chi connectivity index (χ2n) is 3.54. The van der Waals surface area contributed by atoms with Crippen LogP contribution < -0.4 is 4.74 Å². The zero-order chi connectivity index (χ0) is 10.8. The van der Waals surface area contributed by atoms with E-state index < -0.39 is 0 Å². The molecular weight excluding hydrogens is 208 g/mol. The van der Waals surface area contributed by atoms with Crippen LogP contribution in [-0.4, -0.2) is 12.5 Å². The van der Waals surface area contributed by atoms with E-state index in [-0.39, 0.29) is 0 Å². The van der Waals surface area contributed by atoms with Crippen molar-refractivity contribution < 1.29 is 4.74 Å². The number of halogens is 1. The maximum Gasteiger partial charge on any atom is 0.119 e. The Hall–Kier alpha value is -0.690. The molecule has 1 radical (unpaired) electrons. The highest BCUT2D eigenvalue weighted by Crippen LogP contribution is 2.09. The number of ether oxygens (including phenoxy) is 1. The van der Waals surface area contributed by atoms with Gasteiger partial charge in [0.15, 0.2) is 0 Å². The maximum atomic E-state index is 5.59. The highest BCUT2D eigenvalue weighted by atomic mass is 35.5. The summed E-state index contributed by atoms with van der Waals surface area (Å²) >= 11 is 5.59. The summed E-state index contributed by atoms with van der Waals surface area (Å²) in [7, 11) is 0. The number of hydrogen-bond acceptors (Lipinski definition) is 1. The lowest BCUT2D eigenvalue weighted by Crippen LogP contribution is -1.96. The summed E-state index contributed by atoms with van der Waals surface area (Å²) in [6.45, 7) is 0.804. The van der Waals surface area contributed by atoms with Gasteiger partial charge in [-0.05, 0) is 31.0 Å². The van der Waals surface area contributed by atoms with Gasteiger partial charge in [0, 0.05) is 5.88 Å². The lowest BCUT2D eigenvalue weighted by Gasteiger charge is -2.05. The number of hydrogen-bond donors (Lipinski definition) is 0. The number of unbranched alkanes of at least 4 members (excludes halogenated alkanes) is 4. The molecule has 0 aliphatic heterocycles. The smallest absolute Gasteiger partial charge is 0.119 e. The van der Waals surface area contributed by atoms with Crippen molar-refractivity contribution in [3.8, 4) is 5.75 Å². The van der Waals surface area contributed by atoms with E-state index in [0.717, 1.165) is 31.1 Å². The van der Waals surface area contributed by atoms with E-state index >= 15 is 0 Å². The topological polar surface area (TPSA) is 9.23 Å². The fraction of sp³-hybridized carbons (Fsp3) is 0.538. The molecule has 0 bridgehead atoms. The summed E-state index contributed by atoms with van der Waals surface area (Å²) in [4.78, 5) is 0. The molecule has 0 fully saturated rings. The fourth-order valence-electron chi connectivity index (χ4n) is 1.38. The van der Waals surface area contributed by atoms with Gasteiger partial charge in [0.25, 0.3) is 0 Å². The van der Waals surface area contributed by atoms with Crippen molar-refractivity contribution in [2.24, 2.45) is 0 Å². The van der Waals surface area contributed by atoms with Gasteiger partial charge in [-0.3, -0.25) is 0 Å². The van der Waals surface area contributed by atoms with Crippen LogP contribution in [-0.2, 0) is 0 Å². The molecular formula is C13H18ClO. The minimum atomic E-state index is 0.788. The maximum absolute atomic E-state index is 5.59. The van der Waals surface area contributed by atoms with Gasteiger partial charge in [-0.1, -0.05) is 31.4 Å². The van der Waals surface area contributed by atoms with Gasteiger partial charge >= 0.3 is 0 Å². The molecule has 0 aliphatic rings. The molecule has 1 aromatic rings. The third kappa shape index (κ3) is 6.40. The van der Waals surface area contributed by atoms with E-state index in [0.29, 0.717) is 0 Å². The Bertz CT molecular complexity index is 236. The van der Waals surface area contributed by atoms with E-state index in [1.54, 1.807) is 0 Å². The Kier molecular flexibility index (Phi) is 7.10. The first kappa shape index (κ1) is 12.4. The van der Waals surface area contributed by atoms with Gasteiger partial charge in [-0.15, -0.1) is 11.6 Å². The third-order valence-corrected chi connectivity index (χ3v) is 2.49. The molecule has 2 heteroatoms. The van der Waals surface area contributed by atoms with Crippen LogP contribution in [0.25, 0.3) is 0 Å². The molecule has 83 valence electrons. The molecule has 0 spiro atoms. The molecule has 0 N–H and O–H groups in total. The Morgan fingerprint density at radius 2 is 1.93 bits per heavy atom. The molecule has 1 rings (SSSR count). The normalized spacial score (nSPS) is 10.2. The van der Waals surface area contributed by atoms with E-state index in [1.165, 1.54) is 19.3 Å². The molecule has 0 unspecified atom stereocenters. The van der Waals surface area contributed by atoms with Crippen LogP contribution in [0.4, 0.5) is 0 Å². The molecule has 0 atom stereocenters. The van der Waals surface area contributed by atoms with Crippen LogP contribution in [0.15, 0.2) is 24.3 Å². The monoisotopic (exact) mass is 225 g/mol. The van der Waals surface area contributed by atoms with Gasteiger partial charge < -0.3 is 4.74 Å². The molecule has 15 heavy (non-hydrogen) atoms. The second kappa shape index (κ2) is 8.60.